The molecule has 0 fully saturated rings. The van der Waals surface area contributed by atoms with Crippen LogP contribution in [0.4, 0.5) is 0 Å². The lowest BCUT2D eigenvalue weighted by molar-refractivity contribution is 0.0922. The summed E-state index contributed by atoms with van der Waals surface area (Å²) in [6, 6.07) is 8.42. The Morgan fingerprint density at radius 2 is 1.89 bits per heavy atom. The van der Waals surface area contributed by atoms with Crippen LogP contribution in [0.25, 0.3) is 11.0 Å². The van der Waals surface area contributed by atoms with E-state index in [0.717, 1.165) is 29.4 Å². The highest BCUT2D eigenvalue weighted by atomic mass is 35.5. The van der Waals surface area contributed by atoms with Crippen LogP contribution in [0.3, 0.4) is 0 Å². The van der Waals surface area contributed by atoms with Crippen LogP contribution in [0, 0.1) is 6.92 Å². The van der Waals surface area contributed by atoms with Gasteiger partial charge in [-0.2, -0.15) is 0 Å². The topological polar surface area (TPSA) is 56.5 Å². The number of benzene rings is 2. The summed E-state index contributed by atoms with van der Waals surface area (Å²) >= 11 is 11.9. The third kappa shape index (κ3) is 3.35. The van der Waals surface area contributed by atoms with Crippen molar-refractivity contribution in [3.05, 3.63) is 73.1 Å². The summed E-state index contributed by atoms with van der Waals surface area (Å²) in [7, 11) is 0. The van der Waals surface area contributed by atoms with Crippen LogP contribution in [0.1, 0.15) is 33.5 Å². The smallest absolute Gasteiger partial charge is 0.339 e. The quantitative estimate of drug-likeness (QED) is 0.446. The Labute approximate surface area is 165 Å². The largest absolute Gasteiger partial charge is 0.485 e. The first-order valence-electron chi connectivity index (χ1n) is 8.64. The van der Waals surface area contributed by atoms with E-state index in [0.29, 0.717) is 38.9 Å². The Kier molecular flexibility index (Phi) is 4.70. The SMILES string of the molecule is Cc1cc(OCC(=O)c2ccc(Cl)c(Cl)c2)c2c3c(c(=O)oc2c1)CCC3. The van der Waals surface area contributed by atoms with Gasteiger partial charge >= 0.3 is 5.63 Å². The van der Waals surface area contributed by atoms with Gasteiger partial charge in [0.05, 0.1) is 15.4 Å². The molecule has 138 valence electrons. The molecule has 0 atom stereocenters. The fraction of sp³-hybridized carbons (Fsp3) is 0.238. The molecule has 27 heavy (non-hydrogen) atoms. The van der Waals surface area contributed by atoms with Gasteiger partial charge in [0.2, 0.25) is 0 Å². The van der Waals surface area contributed by atoms with Crippen LogP contribution in [0.2, 0.25) is 10.0 Å². The van der Waals surface area contributed by atoms with Crippen molar-refractivity contribution < 1.29 is 13.9 Å². The highest BCUT2D eigenvalue weighted by Crippen LogP contribution is 2.35. The molecule has 0 saturated heterocycles. The zero-order chi connectivity index (χ0) is 19.1. The average Bonchev–Trinajstić information content (AvgIpc) is 3.11. The van der Waals surface area contributed by atoms with Gasteiger partial charge in [-0.25, -0.2) is 4.79 Å². The van der Waals surface area contributed by atoms with Gasteiger partial charge in [0.15, 0.2) is 12.4 Å². The number of hydrogen-bond acceptors (Lipinski definition) is 4. The Hall–Kier alpha value is -2.30. The number of rotatable bonds is 4. The standard InChI is InChI=1S/C21H16Cl2O4/c1-11-7-18(26-10-17(24)12-5-6-15(22)16(23)9-12)20-13-3-2-4-14(13)21(25)27-19(20)8-11/h5-9H,2-4,10H2,1H3. The molecule has 0 amide bonds. The molecule has 3 aromatic rings. The Bertz CT molecular complexity index is 1130. The van der Waals surface area contributed by atoms with Crippen LogP contribution in [-0.2, 0) is 12.8 Å². The van der Waals surface area contributed by atoms with Crippen LogP contribution in [-0.4, -0.2) is 12.4 Å². The number of aryl methyl sites for hydroxylation is 2. The summed E-state index contributed by atoms with van der Waals surface area (Å²) in [6.07, 6.45) is 2.43. The number of halogens is 2. The van der Waals surface area contributed by atoms with Gasteiger partial charge in [0.25, 0.3) is 0 Å². The van der Waals surface area contributed by atoms with E-state index in [-0.39, 0.29) is 18.0 Å². The van der Waals surface area contributed by atoms with Crippen molar-refractivity contribution >= 4 is 40.0 Å². The molecule has 1 aromatic heterocycles. The highest BCUT2D eigenvalue weighted by molar-refractivity contribution is 6.42. The van der Waals surface area contributed by atoms with Crippen molar-refractivity contribution in [1.82, 2.24) is 0 Å². The fourth-order valence-corrected chi connectivity index (χ4v) is 3.81. The minimum absolute atomic E-state index is 0.148. The van der Waals surface area contributed by atoms with Crippen molar-refractivity contribution in [3.63, 3.8) is 0 Å². The second kappa shape index (κ2) is 7.02. The summed E-state index contributed by atoms with van der Waals surface area (Å²) in [4.78, 5) is 24.7. The molecule has 4 nitrogen and oxygen atoms in total. The molecule has 0 unspecified atom stereocenters. The molecule has 1 heterocycles. The molecule has 0 saturated carbocycles. The lowest BCUT2D eigenvalue weighted by Crippen LogP contribution is -2.13. The molecule has 1 aliphatic rings. The van der Waals surface area contributed by atoms with E-state index in [2.05, 4.69) is 0 Å². The number of carbonyl (C=O) groups is 1. The van der Waals surface area contributed by atoms with Gasteiger partial charge in [-0.05, 0) is 67.6 Å². The Morgan fingerprint density at radius 3 is 2.67 bits per heavy atom. The third-order valence-corrected chi connectivity index (χ3v) is 5.52. The number of fused-ring (bicyclic) bond motifs is 3. The minimum atomic E-state index is -0.279. The number of hydrogen-bond donors (Lipinski definition) is 0. The van der Waals surface area contributed by atoms with Crippen molar-refractivity contribution in [1.29, 1.82) is 0 Å². The third-order valence-electron chi connectivity index (χ3n) is 4.78. The van der Waals surface area contributed by atoms with Crippen LogP contribution < -0.4 is 10.4 Å². The maximum atomic E-state index is 12.5. The highest BCUT2D eigenvalue weighted by Gasteiger charge is 2.23. The summed E-state index contributed by atoms with van der Waals surface area (Å²) < 4.78 is 11.4. The van der Waals surface area contributed by atoms with Gasteiger partial charge in [0.1, 0.15) is 11.3 Å². The van der Waals surface area contributed by atoms with Crippen molar-refractivity contribution in [3.8, 4) is 5.75 Å². The fourth-order valence-electron chi connectivity index (χ4n) is 3.52. The lowest BCUT2D eigenvalue weighted by atomic mass is 10.0. The minimum Gasteiger partial charge on any atom is -0.485 e. The van der Waals surface area contributed by atoms with E-state index in [1.807, 2.05) is 19.1 Å². The van der Waals surface area contributed by atoms with Gasteiger partial charge in [-0.15, -0.1) is 0 Å². The van der Waals surface area contributed by atoms with Crippen LogP contribution >= 0.6 is 23.2 Å². The van der Waals surface area contributed by atoms with Gasteiger partial charge < -0.3 is 9.15 Å². The molecule has 0 N–H and O–H groups in total. The van der Waals surface area contributed by atoms with E-state index in [1.165, 1.54) is 6.07 Å². The maximum Gasteiger partial charge on any atom is 0.339 e. The summed E-state index contributed by atoms with van der Waals surface area (Å²) in [5.74, 6) is 0.345. The zero-order valence-corrected chi connectivity index (χ0v) is 16.1. The maximum absolute atomic E-state index is 12.5. The molecular formula is C21H16Cl2O4. The van der Waals surface area contributed by atoms with E-state index in [4.69, 9.17) is 32.4 Å². The second-order valence-electron chi connectivity index (χ2n) is 6.68. The van der Waals surface area contributed by atoms with E-state index < -0.39 is 0 Å². The van der Waals surface area contributed by atoms with E-state index in [9.17, 15) is 9.59 Å². The first kappa shape index (κ1) is 18.1. The second-order valence-corrected chi connectivity index (χ2v) is 7.49. The molecule has 0 bridgehead atoms. The monoisotopic (exact) mass is 402 g/mol. The Morgan fingerprint density at radius 1 is 1.11 bits per heavy atom. The van der Waals surface area contributed by atoms with Gasteiger partial charge in [-0.1, -0.05) is 23.2 Å². The van der Waals surface area contributed by atoms with E-state index in [1.54, 1.807) is 12.1 Å². The number of ketones is 1. The molecule has 0 aliphatic heterocycles. The Balaban J connectivity index is 1.69. The first-order chi connectivity index (χ1) is 12.9. The number of ether oxygens (including phenoxy) is 1. The normalized spacial score (nSPS) is 13.0. The predicted octanol–water partition coefficient (Wildman–Crippen LogP) is 5.16. The van der Waals surface area contributed by atoms with Crippen molar-refractivity contribution in [2.45, 2.75) is 26.2 Å². The molecule has 0 spiro atoms. The number of Topliss-reactive ketones (excluding diaryl/α,β-unsaturated/α-hetero) is 1. The van der Waals surface area contributed by atoms with Crippen LogP contribution in [0.15, 0.2) is 39.5 Å². The molecule has 6 heteroatoms. The molecule has 0 radical (unpaired) electrons. The summed E-state index contributed by atoms with van der Waals surface area (Å²) in [6.45, 7) is 1.74. The first-order valence-corrected chi connectivity index (χ1v) is 9.40. The average molecular weight is 403 g/mol. The molecular weight excluding hydrogens is 387 g/mol. The molecule has 4 rings (SSSR count). The zero-order valence-electron chi connectivity index (χ0n) is 14.6. The number of carbonyl (C=O) groups excluding carboxylic acids is 1. The predicted molar refractivity (Wildman–Crippen MR) is 106 cm³/mol. The lowest BCUT2D eigenvalue weighted by Gasteiger charge is -2.12. The van der Waals surface area contributed by atoms with Gasteiger partial charge in [-0.3, -0.25) is 4.79 Å². The summed E-state index contributed by atoms with van der Waals surface area (Å²) in [5.41, 5.74) is 3.22. The van der Waals surface area contributed by atoms with Crippen LogP contribution in [0.5, 0.6) is 5.75 Å². The molecule has 2 aromatic carbocycles. The molecule has 1 aliphatic carbocycles. The van der Waals surface area contributed by atoms with E-state index >= 15 is 0 Å². The van der Waals surface area contributed by atoms with Gasteiger partial charge in [0, 0.05) is 11.1 Å². The summed E-state index contributed by atoms with van der Waals surface area (Å²) in [5, 5.41) is 1.50. The van der Waals surface area contributed by atoms with Crippen molar-refractivity contribution in [2.75, 3.05) is 6.61 Å². The van der Waals surface area contributed by atoms with Crippen molar-refractivity contribution in [2.24, 2.45) is 0 Å².